The van der Waals surface area contributed by atoms with Crippen LogP contribution in [0.3, 0.4) is 0 Å². The number of hydrogen-bond donors (Lipinski definition) is 1. The van der Waals surface area contributed by atoms with Crippen molar-refractivity contribution in [2.45, 2.75) is 52.1 Å². The highest BCUT2D eigenvalue weighted by atomic mass is 19.1. The van der Waals surface area contributed by atoms with Gasteiger partial charge in [-0.3, -0.25) is 9.69 Å². The maximum Gasteiger partial charge on any atom is 0.223 e. The van der Waals surface area contributed by atoms with Gasteiger partial charge < -0.3 is 15.0 Å². The highest BCUT2D eigenvalue weighted by Gasteiger charge is 2.40. The van der Waals surface area contributed by atoms with Crippen molar-refractivity contribution in [1.29, 1.82) is 0 Å². The van der Waals surface area contributed by atoms with E-state index in [1.54, 1.807) is 0 Å². The molecule has 2 aliphatic rings. The average Bonchev–Trinajstić information content (AvgIpc) is 2.89. The molecule has 0 aromatic heterocycles. The van der Waals surface area contributed by atoms with Gasteiger partial charge in [0.2, 0.25) is 5.91 Å². The van der Waals surface area contributed by atoms with Gasteiger partial charge in [0.05, 0.1) is 6.04 Å². The second kappa shape index (κ2) is 12.2. The fourth-order valence-corrected chi connectivity index (χ4v) is 5.68. The molecule has 196 valence electrons. The van der Waals surface area contributed by atoms with Gasteiger partial charge in [0.1, 0.15) is 19.0 Å². The van der Waals surface area contributed by atoms with Crippen molar-refractivity contribution in [2.75, 3.05) is 46.0 Å². The number of nitrogens with one attached hydrogen (secondary N) is 1. The fourth-order valence-electron chi connectivity index (χ4n) is 5.68. The molecule has 6 heteroatoms. The summed E-state index contributed by atoms with van der Waals surface area (Å²) in [6, 6.07) is 18.8. The Morgan fingerprint density at radius 2 is 1.69 bits per heavy atom. The Kier molecular flexibility index (Phi) is 9.02. The number of carbonyl (C=O) groups excluding carboxylic acids is 1. The largest absolute Gasteiger partial charge is 0.491 e. The maximum absolute atomic E-state index is 13.5. The number of amides is 1. The number of rotatable bonds is 8. The van der Waals surface area contributed by atoms with E-state index in [1.165, 1.54) is 11.1 Å². The van der Waals surface area contributed by atoms with E-state index >= 15 is 0 Å². The predicted octanol–water partition coefficient (Wildman–Crippen LogP) is 5.07. The first-order chi connectivity index (χ1) is 17.4. The van der Waals surface area contributed by atoms with Crippen molar-refractivity contribution < 1.29 is 13.9 Å². The van der Waals surface area contributed by atoms with Gasteiger partial charge in [0, 0.05) is 32.1 Å². The summed E-state index contributed by atoms with van der Waals surface area (Å²) in [7, 11) is 0. The molecule has 1 N–H and O–H groups in total. The molecule has 0 saturated carbocycles. The van der Waals surface area contributed by atoms with Gasteiger partial charge >= 0.3 is 0 Å². The third-order valence-corrected chi connectivity index (χ3v) is 7.68. The van der Waals surface area contributed by atoms with E-state index in [1.807, 2.05) is 18.2 Å². The van der Waals surface area contributed by atoms with E-state index in [-0.39, 0.29) is 24.1 Å². The molecule has 1 unspecified atom stereocenters. The molecule has 2 atom stereocenters. The molecule has 5 nitrogen and oxygen atoms in total. The summed E-state index contributed by atoms with van der Waals surface area (Å²) in [6.07, 6.45) is 2.84. The Labute approximate surface area is 216 Å². The molecule has 2 heterocycles. The van der Waals surface area contributed by atoms with Crippen molar-refractivity contribution in [3.63, 3.8) is 0 Å². The number of piperazine rings is 1. The van der Waals surface area contributed by atoms with Crippen molar-refractivity contribution in [3.05, 3.63) is 65.7 Å². The minimum absolute atomic E-state index is 0.0340. The first-order valence-corrected chi connectivity index (χ1v) is 13.4. The van der Waals surface area contributed by atoms with Crippen LogP contribution in [-0.4, -0.2) is 67.8 Å². The molecule has 2 aromatic carbocycles. The summed E-state index contributed by atoms with van der Waals surface area (Å²) in [6.45, 7) is 10.8. The summed E-state index contributed by atoms with van der Waals surface area (Å²) >= 11 is 0. The number of alkyl halides is 1. The smallest absolute Gasteiger partial charge is 0.223 e. The Hall–Kier alpha value is -2.44. The quantitative estimate of drug-likeness (QED) is 0.555. The lowest BCUT2D eigenvalue weighted by molar-refractivity contribution is -0.141. The molecule has 2 aromatic rings. The second-order valence-corrected chi connectivity index (χ2v) is 11.3. The topological polar surface area (TPSA) is 44.8 Å². The molecule has 1 amide bonds. The monoisotopic (exact) mass is 495 g/mol. The standard InChI is InChI=1S/C30H42FN3O2/c1-30(2,3)27-22-33(18-19-34(27)28(35)21-23-13-16-32-17-14-23)29(24-7-5-4-6-8-24)25-9-11-26(12-10-25)36-20-15-31/h4-12,23,27,29,32H,13-22H2,1-3H3/t27-,29?/m1/s1. The van der Waals surface area contributed by atoms with E-state index in [0.717, 1.165) is 45.6 Å². The number of piperidine rings is 1. The molecular formula is C30H42FN3O2. The summed E-state index contributed by atoms with van der Waals surface area (Å²) in [5, 5.41) is 3.41. The molecule has 36 heavy (non-hydrogen) atoms. The van der Waals surface area contributed by atoms with E-state index in [4.69, 9.17) is 4.74 Å². The minimum atomic E-state index is -0.497. The Bertz CT molecular complexity index is 954. The molecule has 2 saturated heterocycles. The average molecular weight is 496 g/mol. The predicted molar refractivity (Wildman–Crippen MR) is 143 cm³/mol. The zero-order valence-electron chi connectivity index (χ0n) is 22.1. The van der Waals surface area contributed by atoms with Crippen molar-refractivity contribution in [3.8, 4) is 5.75 Å². The van der Waals surface area contributed by atoms with Crippen molar-refractivity contribution in [1.82, 2.24) is 15.1 Å². The fraction of sp³-hybridized carbons (Fsp3) is 0.567. The molecule has 4 rings (SSSR count). The van der Waals surface area contributed by atoms with Gasteiger partial charge in [-0.1, -0.05) is 63.2 Å². The number of halogens is 1. The third kappa shape index (κ3) is 6.65. The molecule has 0 spiro atoms. The first kappa shape index (κ1) is 26.6. The SMILES string of the molecule is CC(C)(C)[C@H]1CN(C(c2ccccc2)c2ccc(OCCF)cc2)CCN1C(=O)CC1CCNCC1. The lowest BCUT2D eigenvalue weighted by Crippen LogP contribution is -2.60. The summed E-state index contributed by atoms with van der Waals surface area (Å²) < 4.78 is 18.0. The molecule has 0 bridgehead atoms. The highest BCUT2D eigenvalue weighted by Crippen LogP contribution is 2.36. The Morgan fingerprint density at radius 3 is 2.33 bits per heavy atom. The van der Waals surface area contributed by atoms with Crippen LogP contribution in [0.15, 0.2) is 54.6 Å². The van der Waals surface area contributed by atoms with Crippen LogP contribution in [0.4, 0.5) is 4.39 Å². The zero-order valence-corrected chi connectivity index (χ0v) is 22.1. The van der Waals surface area contributed by atoms with Crippen LogP contribution in [0.5, 0.6) is 5.75 Å². The molecule has 2 aliphatic heterocycles. The van der Waals surface area contributed by atoms with Gasteiger partial charge in [0.25, 0.3) is 0 Å². The Morgan fingerprint density at radius 1 is 1.03 bits per heavy atom. The number of ether oxygens (including phenoxy) is 1. The number of benzene rings is 2. The first-order valence-electron chi connectivity index (χ1n) is 13.4. The molecule has 0 aliphatic carbocycles. The van der Waals surface area contributed by atoms with Crippen LogP contribution >= 0.6 is 0 Å². The van der Waals surface area contributed by atoms with Crippen molar-refractivity contribution in [2.24, 2.45) is 11.3 Å². The van der Waals surface area contributed by atoms with Crippen LogP contribution in [0.25, 0.3) is 0 Å². The Balaban J connectivity index is 1.56. The van der Waals surface area contributed by atoms with Crippen LogP contribution < -0.4 is 10.1 Å². The summed E-state index contributed by atoms with van der Waals surface area (Å²) in [4.78, 5) is 18.2. The summed E-state index contributed by atoms with van der Waals surface area (Å²) in [5.41, 5.74) is 2.38. The molecule has 0 radical (unpaired) electrons. The number of nitrogens with zero attached hydrogens (tertiary/aromatic N) is 2. The van der Waals surface area contributed by atoms with E-state index in [2.05, 4.69) is 72.3 Å². The normalized spacial score (nSPS) is 20.8. The number of hydrogen-bond acceptors (Lipinski definition) is 4. The second-order valence-electron chi connectivity index (χ2n) is 11.3. The zero-order chi connectivity index (χ0) is 25.5. The van der Waals surface area contributed by atoms with Gasteiger partial charge in [-0.2, -0.15) is 0 Å². The minimum Gasteiger partial charge on any atom is -0.491 e. The number of carbonyl (C=O) groups is 1. The van der Waals surface area contributed by atoms with Crippen LogP contribution in [0.1, 0.15) is 57.2 Å². The maximum atomic E-state index is 13.5. The molecular weight excluding hydrogens is 453 g/mol. The van der Waals surface area contributed by atoms with E-state index in [0.29, 0.717) is 24.0 Å². The van der Waals surface area contributed by atoms with Crippen molar-refractivity contribution >= 4 is 5.91 Å². The van der Waals surface area contributed by atoms with Gasteiger partial charge in [-0.15, -0.1) is 0 Å². The van der Waals surface area contributed by atoms with Crippen LogP contribution in [0.2, 0.25) is 0 Å². The third-order valence-electron chi connectivity index (χ3n) is 7.68. The van der Waals surface area contributed by atoms with Gasteiger partial charge in [0.15, 0.2) is 0 Å². The van der Waals surface area contributed by atoms with Crippen LogP contribution in [-0.2, 0) is 4.79 Å². The van der Waals surface area contributed by atoms with Gasteiger partial charge in [-0.25, -0.2) is 4.39 Å². The lowest BCUT2D eigenvalue weighted by Gasteiger charge is -2.49. The van der Waals surface area contributed by atoms with Gasteiger partial charge in [-0.05, 0) is 60.5 Å². The van der Waals surface area contributed by atoms with E-state index in [9.17, 15) is 9.18 Å². The summed E-state index contributed by atoms with van der Waals surface area (Å²) in [5.74, 6) is 1.49. The molecule has 2 fully saturated rings. The lowest BCUT2D eigenvalue weighted by atomic mass is 9.82. The highest BCUT2D eigenvalue weighted by molar-refractivity contribution is 5.77. The van der Waals surface area contributed by atoms with E-state index < -0.39 is 6.67 Å². The van der Waals surface area contributed by atoms with Crippen LogP contribution in [0, 0.1) is 11.3 Å².